The van der Waals surface area contributed by atoms with Gasteiger partial charge in [-0.15, -0.1) is 0 Å². The predicted molar refractivity (Wildman–Crippen MR) is 83.3 cm³/mol. The lowest BCUT2D eigenvalue weighted by molar-refractivity contribution is -0.137. The minimum Gasteiger partial charge on any atom is -0.461 e. The number of pyridine rings is 1. The number of aromatic nitrogens is 1. The Balaban J connectivity index is 2.48. The highest BCUT2D eigenvalue weighted by Crippen LogP contribution is 2.37. The van der Waals surface area contributed by atoms with E-state index in [0.717, 1.165) is 6.07 Å². The van der Waals surface area contributed by atoms with Crippen molar-refractivity contribution in [3.05, 3.63) is 51.4 Å². The first-order chi connectivity index (χ1) is 10.3. The Hall–Kier alpha value is -1.64. The molecule has 2 aromatic rings. The van der Waals surface area contributed by atoms with Crippen LogP contribution in [-0.4, -0.2) is 17.6 Å². The summed E-state index contributed by atoms with van der Waals surface area (Å²) in [5, 5.41) is 0. The Bertz CT molecular complexity index is 701. The summed E-state index contributed by atoms with van der Waals surface area (Å²) in [6.07, 6.45) is -3.21. The Morgan fingerprint density at radius 1 is 1.32 bits per heavy atom. The first kappa shape index (κ1) is 16.7. The third-order valence-electron chi connectivity index (χ3n) is 2.85. The zero-order valence-electron chi connectivity index (χ0n) is 11.4. The summed E-state index contributed by atoms with van der Waals surface area (Å²) in [6, 6.07) is 6.74. The number of carbonyl (C=O) groups excluding carboxylic acids is 1. The van der Waals surface area contributed by atoms with Crippen molar-refractivity contribution in [3.63, 3.8) is 0 Å². The number of esters is 1. The molecule has 0 fully saturated rings. The lowest BCUT2D eigenvalue weighted by atomic mass is 10.0. The van der Waals surface area contributed by atoms with Crippen molar-refractivity contribution in [3.8, 4) is 11.1 Å². The molecule has 0 unspecified atom stereocenters. The molecule has 1 aromatic carbocycles. The van der Waals surface area contributed by atoms with E-state index in [2.05, 4.69) is 4.98 Å². The molecule has 0 saturated carbocycles. The first-order valence-electron chi connectivity index (χ1n) is 6.34. The second kappa shape index (κ2) is 6.64. The molecule has 0 bridgehead atoms. The number of halogens is 4. The summed E-state index contributed by atoms with van der Waals surface area (Å²) >= 11 is 1.86. The van der Waals surface area contributed by atoms with Crippen LogP contribution in [0.3, 0.4) is 0 Å². The molecule has 7 heteroatoms. The molecule has 0 radical (unpaired) electrons. The molecule has 0 amide bonds. The van der Waals surface area contributed by atoms with E-state index < -0.39 is 17.7 Å². The Kier molecular flexibility index (Phi) is 5.05. The maximum Gasteiger partial charge on any atom is 0.417 e. The van der Waals surface area contributed by atoms with Gasteiger partial charge in [0.2, 0.25) is 0 Å². The normalized spacial score (nSPS) is 11.3. The number of ether oxygens (including phenoxy) is 1. The maximum absolute atomic E-state index is 13.0. The standard InChI is InChI=1S/C15H11F3INO2/c1-2-22-14(21)13-12(19)7-9(8-20-13)10-5-3-4-6-11(10)15(16,17)18/h3-8H,2H2,1H3. The molecule has 1 heterocycles. The molecule has 0 N–H and O–H groups in total. The molecule has 22 heavy (non-hydrogen) atoms. The van der Waals surface area contributed by atoms with Gasteiger partial charge in [-0.1, -0.05) is 18.2 Å². The van der Waals surface area contributed by atoms with Gasteiger partial charge in [0.15, 0.2) is 5.69 Å². The van der Waals surface area contributed by atoms with Gasteiger partial charge in [-0.05, 0) is 47.2 Å². The summed E-state index contributed by atoms with van der Waals surface area (Å²) in [5.74, 6) is -0.595. The van der Waals surface area contributed by atoms with Gasteiger partial charge in [-0.2, -0.15) is 13.2 Å². The fourth-order valence-corrected chi connectivity index (χ4v) is 2.61. The quantitative estimate of drug-likeness (QED) is 0.540. The van der Waals surface area contributed by atoms with E-state index in [1.54, 1.807) is 6.92 Å². The number of rotatable bonds is 3. The van der Waals surface area contributed by atoms with Gasteiger partial charge >= 0.3 is 12.1 Å². The Morgan fingerprint density at radius 3 is 2.59 bits per heavy atom. The highest BCUT2D eigenvalue weighted by molar-refractivity contribution is 14.1. The first-order valence-corrected chi connectivity index (χ1v) is 7.41. The molecule has 0 spiro atoms. The van der Waals surface area contributed by atoms with E-state index in [1.165, 1.54) is 30.5 Å². The number of benzene rings is 1. The molecule has 0 aliphatic rings. The van der Waals surface area contributed by atoms with Crippen LogP contribution in [0.5, 0.6) is 0 Å². The van der Waals surface area contributed by atoms with Gasteiger partial charge in [0.25, 0.3) is 0 Å². The summed E-state index contributed by atoms with van der Waals surface area (Å²) in [4.78, 5) is 15.6. The van der Waals surface area contributed by atoms with Gasteiger partial charge in [0.05, 0.1) is 12.2 Å². The topological polar surface area (TPSA) is 39.2 Å². The van der Waals surface area contributed by atoms with Crippen LogP contribution >= 0.6 is 22.6 Å². The lowest BCUT2D eigenvalue weighted by Gasteiger charge is -2.13. The lowest BCUT2D eigenvalue weighted by Crippen LogP contribution is -2.10. The highest BCUT2D eigenvalue weighted by Gasteiger charge is 2.33. The Labute approximate surface area is 138 Å². The number of nitrogens with zero attached hydrogens (tertiary/aromatic N) is 1. The molecule has 3 nitrogen and oxygen atoms in total. The third-order valence-corrected chi connectivity index (χ3v) is 3.68. The maximum atomic E-state index is 13.0. The molecule has 0 saturated heterocycles. The molecule has 116 valence electrons. The van der Waals surface area contributed by atoms with E-state index in [1.807, 2.05) is 22.6 Å². The monoisotopic (exact) mass is 421 g/mol. The molecular formula is C15H11F3INO2. The van der Waals surface area contributed by atoms with E-state index in [-0.39, 0.29) is 17.9 Å². The van der Waals surface area contributed by atoms with Crippen molar-refractivity contribution in [2.24, 2.45) is 0 Å². The molecule has 2 rings (SSSR count). The predicted octanol–water partition coefficient (Wildman–Crippen LogP) is 4.55. The van der Waals surface area contributed by atoms with Crippen LogP contribution in [0.1, 0.15) is 23.0 Å². The van der Waals surface area contributed by atoms with Gasteiger partial charge in [0.1, 0.15) is 0 Å². The average Bonchev–Trinajstić information content (AvgIpc) is 2.46. The Morgan fingerprint density at radius 2 is 2.00 bits per heavy atom. The van der Waals surface area contributed by atoms with Crippen molar-refractivity contribution >= 4 is 28.6 Å². The molecule has 0 aliphatic heterocycles. The van der Waals surface area contributed by atoms with Gasteiger partial charge in [-0.25, -0.2) is 9.78 Å². The number of alkyl halides is 3. The molecule has 0 aliphatic carbocycles. The summed E-state index contributed by atoms with van der Waals surface area (Å²) < 4.78 is 44.4. The summed E-state index contributed by atoms with van der Waals surface area (Å²) in [5.41, 5.74) is -0.326. The summed E-state index contributed by atoms with van der Waals surface area (Å²) in [6.45, 7) is 1.87. The second-order valence-corrected chi connectivity index (χ2v) is 5.48. The van der Waals surface area contributed by atoms with Gasteiger partial charge in [-0.3, -0.25) is 0 Å². The van der Waals surface area contributed by atoms with Crippen molar-refractivity contribution < 1.29 is 22.7 Å². The average molecular weight is 421 g/mol. The van der Waals surface area contributed by atoms with Crippen LogP contribution in [-0.2, 0) is 10.9 Å². The van der Waals surface area contributed by atoms with Crippen molar-refractivity contribution in [2.45, 2.75) is 13.1 Å². The minimum absolute atomic E-state index is 0.0239. The molecular weight excluding hydrogens is 410 g/mol. The number of carbonyl (C=O) groups is 1. The van der Waals surface area contributed by atoms with Crippen LogP contribution in [0.15, 0.2) is 36.5 Å². The van der Waals surface area contributed by atoms with Crippen LogP contribution in [0.4, 0.5) is 13.2 Å². The van der Waals surface area contributed by atoms with E-state index in [9.17, 15) is 18.0 Å². The zero-order valence-corrected chi connectivity index (χ0v) is 13.6. The fraction of sp³-hybridized carbons (Fsp3) is 0.200. The van der Waals surface area contributed by atoms with Crippen LogP contribution < -0.4 is 0 Å². The largest absolute Gasteiger partial charge is 0.461 e. The minimum atomic E-state index is -4.46. The van der Waals surface area contributed by atoms with Gasteiger partial charge in [0, 0.05) is 15.3 Å². The van der Waals surface area contributed by atoms with E-state index in [0.29, 0.717) is 9.13 Å². The van der Waals surface area contributed by atoms with Gasteiger partial charge < -0.3 is 4.74 Å². The molecule has 0 atom stereocenters. The second-order valence-electron chi connectivity index (χ2n) is 4.32. The number of hydrogen-bond acceptors (Lipinski definition) is 3. The summed E-state index contributed by atoms with van der Waals surface area (Å²) in [7, 11) is 0. The molecule has 1 aromatic heterocycles. The smallest absolute Gasteiger partial charge is 0.417 e. The third kappa shape index (κ3) is 3.57. The van der Waals surface area contributed by atoms with Crippen LogP contribution in [0.2, 0.25) is 0 Å². The SMILES string of the molecule is CCOC(=O)c1ncc(-c2ccccc2C(F)(F)F)cc1I. The van der Waals surface area contributed by atoms with Crippen LogP contribution in [0, 0.1) is 3.57 Å². The van der Waals surface area contributed by atoms with E-state index >= 15 is 0 Å². The van der Waals surface area contributed by atoms with Crippen molar-refractivity contribution in [2.75, 3.05) is 6.61 Å². The van der Waals surface area contributed by atoms with Crippen molar-refractivity contribution in [1.82, 2.24) is 4.98 Å². The van der Waals surface area contributed by atoms with Crippen LogP contribution in [0.25, 0.3) is 11.1 Å². The fourth-order valence-electron chi connectivity index (χ4n) is 1.92. The number of hydrogen-bond donors (Lipinski definition) is 0. The highest BCUT2D eigenvalue weighted by atomic mass is 127. The van der Waals surface area contributed by atoms with E-state index in [4.69, 9.17) is 4.74 Å². The zero-order chi connectivity index (χ0) is 16.3. The van der Waals surface area contributed by atoms with Crippen molar-refractivity contribution in [1.29, 1.82) is 0 Å².